The lowest BCUT2D eigenvalue weighted by atomic mass is 10.2. The van der Waals surface area contributed by atoms with Crippen LogP contribution in [0.25, 0.3) is 0 Å². The Morgan fingerprint density at radius 2 is 1.73 bits per heavy atom. The van der Waals surface area contributed by atoms with Gasteiger partial charge in [-0.3, -0.25) is 4.79 Å². The number of aliphatic carboxylic acids is 2. The summed E-state index contributed by atoms with van der Waals surface area (Å²) in [4.78, 5) is 20.3. The summed E-state index contributed by atoms with van der Waals surface area (Å²) in [6, 6.07) is 0. The number of thioether (sulfide) groups is 1. The van der Waals surface area contributed by atoms with Crippen LogP contribution in [0.1, 0.15) is 0 Å². The largest absolute Gasteiger partial charge is 0.480 e. The highest BCUT2D eigenvalue weighted by Gasteiger charge is 2.30. The van der Waals surface area contributed by atoms with Crippen molar-refractivity contribution >= 4 is 23.7 Å². The van der Waals surface area contributed by atoms with Crippen LogP contribution in [-0.4, -0.2) is 44.9 Å². The molecule has 0 spiro atoms. The van der Waals surface area contributed by atoms with E-state index in [9.17, 15) is 9.59 Å². The van der Waals surface area contributed by atoms with E-state index in [1.54, 1.807) is 0 Å². The molecule has 0 aliphatic carbocycles. The zero-order chi connectivity index (χ0) is 9.02. The molecule has 0 aromatic rings. The maximum Gasteiger partial charge on any atom is 0.334 e. The summed E-state index contributed by atoms with van der Waals surface area (Å²) < 4.78 is 0. The van der Waals surface area contributed by atoms with Gasteiger partial charge in [0.05, 0.1) is 0 Å². The van der Waals surface area contributed by atoms with E-state index in [-0.39, 0.29) is 0 Å². The Hall–Kier alpha value is -0.750. The van der Waals surface area contributed by atoms with Gasteiger partial charge in [0.15, 0.2) is 6.10 Å². The van der Waals surface area contributed by atoms with Crippen molar-refractivity contribution in [2.75, 3.05) is 6.26 Å². The van der Waals surface area contributed by atoms with Gasteiger partial charge in [-0.15, -0.1) is 11.8 Å². The van der Waals surface area contributed by atoms with Crippen molar-refractivity contribution < 1.29 is 24.9 Å². The molecule has 0 fully saturated rings. The van der Waals surface area contributed by atoms with E-state index in [1.165, 1.54) is 6.26 Å². The Kier molecular flexibility index (Phi) is 3.91. The first-order chi connectivity index (χ1) is 5.00. The molecule has 0 bridgehead atoms. The summed E-state index contributed by atoms with van der Waals surface area (Å²) in [5, 5.41) is 24.0. The third-order valence-corrected chi connectivity index (χ3v) is 2.00. The molecule has 64 valence electrons. The van der Waals surface area contributed by atoms with Crippen LogP contribution in [0.3, 0.4) is 0 Å². The maximum absolute atomic E-state index is 10.2. The molecule has 0 saturated carbocycles. The lowest BCUT2D eigenvalue weighted by Crippen LogP contribution is -2.37. The summed E-state index contributed by atoms with van der Waals surface area (Å²) in [6.45, 7) is 0. The molecule has 6 heteroatoms. The Morgan fingerprint density at radius 3 is 1.82 bits per heavy atom. The van der Waals surface area contributed by atoms with Crippen LogP contribution < -0.4 is 0 Å². The molecule has 0 rings (SSSR count). The van der Waals surface area contributed by atoms with E-state index in [0.717, 1.165) is 11.8 Å². The first-order valence-electron chi connectivity index (χ1n) is 2.67. The first-order valence-corrected chi connectivity index (χ1v) is 3.96. The number of carboxylic acids is 2. The summed E-state index contributed by atoms with van der Waals surface area (Å²) in [6.07, 6.45) is -0.423. The van der Waals surface area contributed by atoms with E-state index in [0.29, 0.717) is 0 Å². The molecule has 0 aliphatic heterocycles. The lowest BCUT2D eigenvalue weighted by molar-refractivity contribution is -0.152. The number of hydrogen-bond acceptors (Lipinski definition) is 4. The highest BCUT2D eigenvalue weighted by atomic mass is 32.2. The molecule has 2 atom stereocenters. The Balaban J connectivity index is 4.25. The molecule has 0 amide bonds. The molecular weight excluding hydrogens is 172 g/mol. The predicted octanol–water partition coefficient (Wildman–Crippen LogP) is -0.752. The highest BCUT2D eigenvalue weighted by molar-refractivity contribution is 8.00. The van der Waals surface area contributed by atoms with Crippen LogP contribution in [0.5, 0.6) is 0 Å². The standard InChI is InChI=1S/C5H8O5S/c1-11-3(5(9)10)2(6)4(7)8/h2-3,6H,1H3,(H,7,8)(H,9,10)/t2-,3-/m0/s1. The second kappa shape index (κ2) is 4.20. The van der Waals surface area contributed by atoms with Gasteiger partial charge in [-0.2, -0.15) is 0 Å². The van der Waals surface area contributed by atoms with Crippen molar-refractivity contribution in [3.63, 3.8) is 0 Å². The number of aliphatic hydroxyl groups is 1. The van der Waals surface area contributed by atoms with Crippen LogP contribution in [0.4, 0.5) is 0 Å². The van der Waals surface area contributed by atoms with Crippen molar-refractivity contribution in [3.8, 4) is 0 Å². The van der Waals surface area contributed by atoms with E-state index in [2.05, 4.69) is 0 Å². The minimum absolute atomic E-state index is 0.784. The van der Waals surface area contributed by atoms with E-state index >= 15 is 0 Å². The Morgan fingerprint density at radius 1 is 1.27 bits per heavy atom. The fourth-order valence-electron chi connectivity index (χ4n) is 0.494. The van der Waals surface area contributed by atoms with Crippen molar-refractivity contribution in [1.29, 1.82) is 0 Å². The molecule has 0 radical (unpaired) electrons. The van der Waals surface area contributed by atoms with Crippen molar-refractivity contribution in [1.82, 2.24) is 0 Å². The van der Waals surface area contributed by atoms with Gasteiger partial charge < -0.3 is 15.3 Å². The molecule has 0 heterocycles. The van der Waals surface area contributed by atoms with E-state index < -0.39 is 23.3 Å². The monoisotopic (exact) mass is 180 g/mol. The number of carboxylic acid groups (broad SMARTS) is 2. The molecule has 11 heavy (non-hydrogen) atoms. The topological polar surface area (TPSA) is 94.8 Å². The SMILES string of the molecule is CS[C@H](C(=O)O)[C@H](O)C(=O)O. The molecule has 0 unspecified atom stereocenters. The third-order valence-electron chi connectivity index (χ3n) is 1.04. The summed E-state index contributed by atoms with van der Waals surface area (Å²) in [7, 11) is 0. The minimum Gasteiger partial charge on any atom is -0.480 e. The zero-order valence-corrected chi connectivity index (χ0v) is 6.54. The van der Waals surface area contributed by atoms with Gasteiger partial charge in [0.2, 0.25) is 0 Å². The van der Waals surface area contributed by atoms with Gasteiger partial charge in [-0.05, 0) is 6.26 Å². The van der Waals surface area contributed by atoms with Gasteiger partial charge in [-0.25, -0.2) is 4.79 Å². The maximum atomic E-state index is 10.2. The van der Waals surface area contributed by atoms with Gasteiger partial charge in [0.1, 0.15) is 5.25 Å². The van der Waals surface area contributed by atoms with Crippen molar-refractivity contribution in [2.24, 2.45) is 0 Å². The molecule has 0 aromatic carbocycles. The average molecular weight is 180 g/mol. The molecular formula is C5H8O5S. The third kappa shape index (κ3) is 2.77. The smallest absolute Gasteiger partial charge is 0.334 e. The van der Waals surface area contributed by atoms with Gasteiger partial charge in [0.25, 0.3) is 0 Å². The highest BCUT2D eigenvalue weighted by Crippen LogP contribution is 2.11. The quantitative estimate of drug-likeness (QED) is 0.526. The average Bonchev–Trinajstić information content (AvgIpc) is 1.88. The number of hydrogen-bond donors (Lipinski definition) is 3. The Labute approximate surface area is 67.0 Å². The minimum atomic E-state index is -1.84. The number of carbonyl (C=O) groups is 2. The van der Waals surface area contributed by atoms with Crippen molar-refractivity contribution in [2.45, 2.75) is 11.4 Å². The normalized spacial score (nSPS) is 15.5. The molecule has 0 aromatic heterocycles. The van der Waals surface area contributed by atoms with Crippen LogP contribution in [-0.2, 0) is 9.59 Å². The van der Waals surface area contributed by atoms with Crippen molar-refractivity contribution in [3.05, 3.63) is 0 Å². The van der Waals surface area contributed by atoms with E-state index in [1.807, 2.05) is 0 Å². The predicted molar refractivity (Wildman–Crippen MR) is 38.6 cm³/mol. The second-order valence-corrected chi connectivity index (χ2v) is 2.76. The van der Waals surface area contributed by atoms with Gasteiger partial charge >= 0.3 is 11.9 Å². The van der Waals surface area contributed by atoms with Crippen LogP contribution in [0.2, 0.25) is 0 Å². The Bertz CT molecular complexity index is 168. The molecule has 5 nitrogen and oxygen atoms in total. The summed E-state index contributed by atoms with van der Waals surface area (Å²) >= 11 is 0.784. The summed E-state index contributed by atoms with van der Waals surface area (Å²) in [5.41, 5.74) is 0. The van der Waals surface area contributed by atoms with E-state index in [4.69, 9.17) is 15.3 Å². The second-order valence-electron chi connectivity index (χ2n) is 1.78. The fourth-order valence-corrected chi connectivity index (χ4v) is 1.07. The molecule has 0 aliphatic rings. The van der Waals surface area contributed by atoms with Crippen LogP contribution in [0.15, 0.2) is 0 Å². The number of aliphatic hydroxyl groups excluding tert-OH is 1. The fraction of sp³-hybridized carbons (Fsp3) is 0.600. The van der Waals surface area contributed by atoms with Gasteiger partial charge in [0, 0.05) is 0 Å². The van der Waals surface area contributed by atoms with Crippen LogP contribution in [0, 0.1) is 0 Å². The summed E-state index contributed by atoms with van der Waals surface area (Å²) in [5.74, 6) is -2.85. The molecule has 3 N–H and O–H groups in total. The van der Waals surface area contributed by atoms with Crippen LogP contribution >= 0.6 is 11.8 Å². The zero-order valence-electron chi connectivity index (χ0n) is 5.72. The first kappa shape index (κ1) is 10.2. The molecule has 0 saturated heterocycles. The lowest BCUT2D eigenvalue weighted by Gasteiger charge is -2.11. The van der Waals surface area contributed by atoms with Gasteiger partial charge in [-0.1, -0.05) is 0 Å². The number of rotatable bonds is 4.